The Morgan fingerprint density at radius 3 is 2.38 bits per heavy atom. The van der Waals surface area contributed by atoms with Gasteiger partial charge in [-0.05, 0) is 12.1 Å². The first-order valence-corrected chi connectivity index (χ1v) is 4.83. The predicted molar refractivity (Wildman–Crippen MR) is 54.6 cm³/mol. The zero-order chi connectivity index (χ0) is 11.9. The first-order chi connectivity index (χ1) is 7.39. The van der Waals surface area contributed by atoms with E-state index in [1.165, 1.54) is 6.20 Å². The topological polar surface area (TPSA) is 25.8 Å². The molecule has 84 valence electrons. The standard InChI is InChI=1S/C9H3Cl2F3N2/c10-6-2-8-4(7(11)3-15-16-8)1-5(6)9(12,13)14/h1-3H. The van der Waals surface area contributed by atoms with Gasteiger partial charge in [-0.2, -0.15) is 23.4 Å². The van der Waals surface area contributed by atoms with Crippen LogP contribution in [0.25, 0.3) is 10.9 Å². The third-order valence-electron chi connectivity index (χ3n) is 1.98. The van der Waals surface area contributed by atoms with E-state index in [0.717, 1.165) is 12.1 Å². The van der Waals surface area contributed by atoms with Crippen molar-refractivity contribution >= 4 is 34.1 Å². The Balaban J connectivity index is 2.80. The number of nitrogens with zero attached hydrogens (tertiary/aromatic N) is 2. The van der Waals surface area contributed by atoms with Gasteiger partial charge >= 0.3 is 6.18 Å². The van der Waals surface area contributed by atoms with E-state index in [9.17, 15) is 13.2 Å². The van der Waals surface area contributed by atoms with Crippen LogP contribution in [0.3, 0.4) is 0 Å². The number of alkyl halides is 3. The van der Waals surface area contributed by atoms with Crippen molar-refractivity contribution in [2.45, 2.75) is 6.18 Å². The van der Waals surface area contributed by atoms with Gasteiger partial charge in [0.1, 0.15) is 0 Å². The Kier molecular flexibility index (Phi) is 2.67. The van der Waals surface area contributed by atoms with Gasteiger partial charge in [0.15, 0.2) is 0 Å². The van der Waals surface area contributed by atoms with Crippen LogP contribution in [0.5, 0.6) is 0 Å². The van der Waals surface area contributed by atoms with Crippen LogP contribution < -0.4 is 0 Å². The van der Waals surface area contributed by atoms with E-state index >= 15 is 0 Å². The molecule has 0 saturated carbocycles. The summed E-state index contributed by atoms with van der Waals surface area (Å²) in [6.07, 6.45) is -3.34. The summed E-state index contributed by atoms with van der Waals surface area (Å²) < 4.78 is 37.6. The molecule has 0 aliphatic rings. The van der Waals surface area contributed by atoms with Crippen molar-refractivity contribution in [3.8, 4) is 0 Å². The second kappa shape index (κ2) is 3.75. The average molecular weight is 267 g/mol. The van der Waals surface area contributed by atoms with Crippen molar-refractivity contribution in [3.05, 3.63) is 33.9 Å². The minimum Gasteiger partial charge on any atom is -0.166 e. The van der Waals surface area contributed by atoms with Crippen molar-refractivity contribution < 1.29 is 13.2 Å². The molecule has 1 heterocycles. The van der Waals surface area contributed by atoms with Crippen LogP contribution in [0.1, 0.15) is 5.56 Å². The van der Waals surface area contributed by atoms with Gasteiger partial charge in [0, 0.05) is 5.39 Å². The second-order valence-electron chi connectivity index (χ2n) is 3.04. The summed E-state index contributed by atoms with van der Waals surface area (Å²) in [5.74, 6) is 0. The quantitative estimate of drug-likeness (QED) is 0.722. The fourth-order valence-corrected chi connectivity index (χ4v) is 1.73. The second-order valence-corrected chi connectivity index (χ2v) is 3.85. The number of aromatic nitrogens is 2. The molecule has 2 rings (SSSR count). The minimum atomic E-state index is -4.52. The van der Waals surface area contributed by atoms with Gasteiger partial charge in [-0.3, -0.25) is 0 Å². The van der Waals surface area contributed by atoms with E-state index in [-0.39, 0.29) is 15.9 Å². The van der Waals surface area contributed by atoms with E-state index in [2.05, 4.69) is 10.2 Å². The Morgan fingerprint density at radius 1 is 1.06 bits per heavy atom. The summed E-state index contributed by atoms with van der Waals surface area (Å²) in [5, 5.41) is 7.02. The molecule has 0 spiro atoms. The van der Waals surface area contributed by atoms with E-state index in [0.29, 0.717) is 0 Å². The zero-order valence-corrected chi connectivity index (χ0v) is 9.03. The lowest BCUT2D eigenvalue weighted by Crippen LogP contribution is -2.06. The lowest BCUT2D eigenvalue weighted by atomic mass is 10.1. The summed E-state index contributed by atoms with van der Waals surface area (Å²) in [4.78, 5) is 0. The zero-order valence-electron chi connectivity index (χ0n) is 7.52. The Labute approximate surface area is 98.0 Å². The van der Waals surface area contributed by atoms with Gasteiger partial charge in [-0.1, -0.05) is 23.2 Å². The van der Waals surface area contributed by atoms with E-state index in [1.54, 1.807) is 0 Å². The summed E-state index contributed by atoms with van der Waals surface area (Å²) >= 11 is 11.2. The highest BCUT2D eigenvalue weighted by molar-refractivity contribution is 6.36. The Morgan fingerprint density at radius 2 is 1.75 bits per heavy atom. The lowest BCUT2D eigenvalue weighted by Gasteiger charge is -2.10. The number of hydrogen-bond acceptors (Lipinski definition) is 2. The van der Waals surface area contributed by atoms with Crippen LogP contribution >= 0.6 is 23.2 Å². The maximum absolute atomic E-state index is 12.5. The van der Waals surface area contributed by atoms with Gasteiger partial charge in [-0.15, -0.1) is 0 Å². The fourth-order valence-electron chi connectivity index (χ4n) is 1.27. The van der Waals surface area contributed by atoms with Crippen molar-refractivity contribution in [3.63, 3.8) is 0 Å². The molecule has 2 aromatic rings. The average Bonchev–Trinajstić information content (AvgIpc) is 2.15. The summed E-state index contributed by atoms with van der Waals surface area (Å²) in [6, 6.07) is 1.97. The molecule has 0 amide bonds. The molecule has 2 nitrogen and oxygen atoms in total. The van der Waals surface area contributed by atoms with Gasteiger partial charge in [0.25, 0.3) is 0 Å². The highest BCUT2D eigenvalue weighted by atomic mass is 35.5. The molecule has 7 heteroatoms. The number of hydrogen-bond donors (Lipinski definition) is 0. The molecule has 0 atom stereocenters. The molecule has 0 aliphatic heterocycles. The molecule has 0 unspecified atom stereocenters. The van der Waals surface area contributed by atoms with Crippen molar-refractivity contribution in [1.82, 2.24) is 10.2 Å². The van der Waals surface area contributed by atoms with Gasteiger partial charge in [0.05, 0.1) is 27.3 Å². The van der Waals surface area contributed by atoms with Crippen LogP contribution in [0.15, 0.2) is 18.3 Å². The normalized spacial score (nSPS) is 12.1. The van der Waals surface area contributed by atoms with Crippen LogP contribution in [-0.2, 0) is 6.18 Å². The maximum atomic E-state index is 12.5. The van der Waals surface area contributed by atoms with E-state index in [1.807, 2.05) is 0 Å². The Bertz CT molecular complexity index is 554. The molecule has 0 bridgehead atoms. The maximum Gasteiger partial charge on any atom is 0.417 e. The molecule has 1 aromatic heterocycles. The number of fused-ring (bicyclic) bond motifs is 1. The molecule has 16 heavy (non-hydrogen) atoms. The highest BCUT2D eigenvalue weighted by Gasteiger charge is 2.33. The van der Waals surface area contributed by atoms with Crippen LogP contribution in [0.4, 0.5) is 13.2 Å². The Hall–Kier alpha value is -1.07. The largest absolute Gasteiger partial charge is 0.417 e. The summed E-state index contributed by atoms with van der Waals surface area (Å²) in [5.41, 5.74) is -0.706. The minimum absolute atomic E-state index is 0.104. The SMILES string of the molecule is FC(F)(F)c1cc2c(Cl)cnnc2cc1Cl. The van der Waals surface area contributed by atoms with Crippen LogP contribution in [0, 0.1) is 0 Å². The predicted octanol–water partition coefficient (Wildman–Crippen LogP) is 3.96. The molecule has 1 aromatic carbocycles. The highest BCUT2D eigenvalue weighted by Crippen LogP contribution is 2.37. The van der Waals surface area contributed by atoms with Gasteiger partial charge in [0.2, 0.25) is 0 Å². The molecular formula is C9H3Cl2F3N2. The van der Waals surface area contributed by atoms with Crippen LogP contribution in [-0.4, -0.2) is 10.2 Å². The molecule has 0 saturated heterocycles. The molecule has 0 aliphatic carbocycles. The van der Waals surface area contributed by atoms with E-state index < -0.39 is 16.8 Å². The lowest BCUT2D eigenvalue weighted by molar-refractivity contribution is -0.137. The van der Waals surface area contributed by atoms with E-state index in [4.69, 9.17) is 23.2 Å². The number of rotatable bonds is 0. The first kappa shape index (κ1) is 11.4. The van der Waals surface area contributed by atoms with Crippen molar-refractivity contribution in [2.24, 2.45) is 0 Å². The van der Waals surface area contributed by atoms with Gasteiger partial charge < -0.3 is 0 Å². The first-order valence-electron chi connectivity index (χ1n) is 4.07. The molecular weight excluding hydrogens is 264 g/mol. The molecule has 0 fully saturated rings. The smallest absolute Gasteiger partial charge is 0.166 e. The number of halogens is 5. The van der Waals surface area contributed by atoms with Crippen LogP contribution in [0.2, 0.25) is 10.0 Å². The number of benzene rings is 1. The fraction of sp³-hybridized carbons (Fsp3) is 0.111. The molecule has 0 radical (unpaired) electrons. The van der Waals surface area contributed by atoms with Crippen molar-refractivity contribution in [1.29, 1.82) is 0 Å². The molecule has 0 N–H and O–H groups in total. The van der Waals surface area contributed by atoms with Crippen molar-refractivity contribution in [2.75, 3.05) is 0 Å². The van der Waals surface area contributed by atoms with Gasteiger partial charge in [-0.25, -0.2) is 0 Å². The monoisotopic (exact) mass is 266 g/mol. The summed E-state index contributed by atoms with van der Waals surface area (Å²) in [7, 11) is 0. The third-order valence-corrected chi connectivity index (χ3v) is 2.60. The summed E-state index contributed by atoms with van der Waals surface area (Å²) in [6.45, 7) is 0. The third kappa shape index (κ3) is 1.92.